The highest BCUT2D eigenvalue weighted by atomic mass is 32.2. The summed E-state index contributed by atoms with van der Waals surface area (Å²) in [6, 6.07) is -0.497. The van der Waals surface area contributed by atoms with E-state index in [9.17, 15) is 14.7 Å². The molecule has 88 valence electrons. The van der Waals surface area contributed by atoms with Crippen molar-refractivity contribution < 1.29 is 14.7 Å². The highest BCUT2D eigenvalue weighted by Crippen LogP contribution is 2.33. The van der Waals surface area contributed by atoms with E-state index in [4.69, 9.17) is 5.73 Å². The summed E-state index contributed by atoms with van der Waals surface area (Å²) in [6.45, 7) is 1.70. The SMILES string of the molecule is CC1S/C(=N/C(=O)N(C)C)C(C(N)=O)=C1O. The van der Waals surface area contributed by atoms with Gasteiger partial charge in [0.15, 0.2) is 0 Å². The number of carbonyl (C=O) groups is 2. The van der Waals surface area contributed by atoms with Crippen molar-refractivity contribution in [2.75, 3.05) is 14.1 Å². The Labute approximate surface area is 97.2 Å². The number of nitrogens with zero attached hydrogens (tertiary/aromatic N) is 2. The molecule has 0 aliphatic carbocycles. The normalized spacial score (nSPS) is 22.7. The molecule has 1 atom stereocenters. The van der Waals surface area contributed by atoms with Crippen molar-refractivity contribution in [1.29, 1.82) is 0 Å². The van der Waals surface area contributed by atoms with Gasteiger partial charge in [-0.05, 0) is 6.92 Å². The van der Waals surface area contributed by atoms with Crippen LogP contribution in [0.25, 0.3) is 0 Å². The van der Waals surface area contributed by atoms with Crippen LogP contribution in [0, 0.1) is 0 Å². The van der Waals surface area contributed by atoms with Gasteiger partial charge >= 0.3 is 6.03 Å². The standard InChI is InChI=1S/C9H13N3O3S/c1-4-6(13)5(7(10)14)8(16-4)11-9(15)12(2)3/h4,13H,1-3H3,(H2,10,14)/b11-8+. The summed E-state index contributed by atoms with van der Waals surface area (Å²) >= 11 is 1.13. The van der Waals surface area contributed by atoms with Crippen molar-refractivity contribution in [2.45, 2.75) is 12.2 Å². The Morgan fingerprint density at radius 1 is 1.50 bits per heavy atom. The topological polar surface area (TPSA) is 96.0 Å². The third-order valence-corrected chi connectivity index (χ3v) is 3.07. The average Bonchev–Trinajstić information content (AvgIpc) is 2.42. The van der Waals surface area contributed by atoms with E-state index in [2.05, 4.69) is 4.99 Å². The lowest BCUT2D eigenvalue weighted by Gasteiger charge is -2.06. The van der Waals surface area contributed by atoms with Crippen molar-refractivity contribution in [3.63, 3.8) is 0 Å². The zero-order valence-corrected chi connectivity index (χ0v) is 10.0. The van der Waals surface area contributed by atoms with Crippen molar-refractivity contribution in [3.05, 3.63) is 11.3 Å². The molecule has 0 radical (unpaired) electrons. The second kappa shape index (κ2) is 4.56. The molecule has 1 heterocycles. The second-order valence-corrected chi connectivity index (χ2v) is 4.81. The zero-order valence-electron chi connectivity index (χ0n) is 9.22. The predicted octanol–water partition coefficient (Wildman–Crippen LogP) is 0.499. The quantitative estimate of drug-likeness (QED) is 0.701. The Balaban J connectivity index is 3.09. The third kappa shape index (κ3) is 2.35. The number of hydrogen-bond donors (Lipinski definition) is 2. The lowest BCUT2D eigenvalue weighted by molar-refractivity contribution is -0.114. The number of aliphatic hydroxyl groups is 1. The molecule has 1 unspecified atom stereocenters. The minimum absolute atomic E-state index is 0.0623. The summed E-state index contributed by atoms with van der Waals surface area (Å²) in [5.74, 6) is -0.900. The fraction of sp³-hybridized carbons (Fsp3) is 0.444. The average molecular weight is 243 g/mol. The van der Waals surface area contributed by atoms with Crippen LogP contribution >= 0.6 is 11.8 Å². The summed E-state index contributed by atoms with van der Waals surface area (Å²) in [7, 11) is 3.09. The van der Waals surface area contributed by atoms with E-state index in [1.54, 1.807) is 21.0 Å². The number of thioether (sulfide) groups is 1. The van der Waals surface area contributed by atoms with Gasteiger partial charge in [-0.3, -0.25) is 4.79 Å². The third-order valence-electron chi connectivity index (χ3n) is 1.97. The molecule has 1 aliphatic rings. The molecule has 0 aromatic carbocycles. The molecule has 6 nitrogen and oxygen atoms in total. The van der Waals surface area contributed by atoms with Crippen LogP contribution in [-0.2, 0) is 4.79 Å². The first-order valence-electron chi connectivity index (χ1n) is 4.54. The summed E-state index contributed by atoms with van der Waals surface area (Å²) in [5.41, 5.74) is 5.05. The Hall–Kier alpha value is -1.50. The number of amides is 3. The molecule has 3 N–H and O–H groups in total. The molecule has 0 fully saturated rings. The van der Waals surface area contributed by atoms with Gasteiger partial charge in [-0.25, -0.2) is 4.79 Å². The Kier molecular flexibility index (Phi) is 3.58. The monoisotopic (exact) mass is 243 g/mol. The fourth-order valence-corrected chi connectivity index (χ4v) is 2.11. The molecule has 0 saturated heterocycles. The van der Waals surface area contributed by atoms with Gasteiger partial charge in [0.2, 0.25) is 0 Å². The first-order chi connectivity index (χ1) is 7.34. The van der Waals surface area contributed by atoms with E-state index in [1.807, 2.05) is 0 Å². The molecule has 16 heavy (non-hydrogen) atoms. The van der Waals surface area contributed by atoms with Gasteiger partial charge in [0.05, 0.1) is 5.25 Å². The minimum Gasteiger partial charge on any atom is -0.510 e. The van der Waals surface area contributed by atoms with Crippen molar-refractivity contribution in [3.8, 4) is 0 Å². The highest BCUT2D eigenvalue weighted by Gasteiger charge is 2.32. The Morgan fingerprint density at radius 2 is 2.06 bits per heavy atom. The van der Waals surface area contributed by atoms with Crippen molar-refractivity contribution in [2.24, 2.45) is 10.7 Å². The molecule has 0 aromatic rings. The number of carbonyl (C=O) groups excluding carboxylic acids is 2. The summed E-state index contributed by atoms with van der Waals surface area (Å²) in [4.78, 5) is 27.5. The molecular weight excluding hydrogens is 230 g/mol. The highest BCUT2D eigenvalue weighted by molar-refractivity contribution is 8.15. The van der Waals surface area contributed by atoms with E-state index < -0.39 is 11.9 Å². The van der Waals surface area contributed by atoms with Gasteiger partial charge in [-0.2, -0.15) is 4.99 Å². The lowest BCUT2D eigenvalue weighted by Crippen LogP contribution is -2.22. The van der Waals surface area contributed by atoms with Crippen LogP contribution in [-0.4, -0.2) is 46.3 Å². The number of hydrogen-bond acceptors (Lipinski definition) is 4. The predicted molar refractivity (Wildman–Crippen MR) is 62.4 cm³/mol. The van der Waals surface area contributed by atoms with E-state index in [0.29, 0.717) is 0 Å². The van der Waals surface area contributed by atoms with Gasteiger partial charge in [-0.15, -0.1) is 0 Å². The van der Waals surface area contributed by atoms with Crippen molar-refractivity contribution in [1.82, 2.24) is 4.90 Å². The smallest absolute Gasteiger partial charge is 0.344 e. The molecule has 1 rings (SSSR count). The number of aliphatic hydroxyl groups excluding tert-OH is 1. The maximum atomic E-state index is 11.3. The molecular formula is C9H13N3O3S. The Bertz CT molecular complexity index is 401. The van der Waals surface area contributed by atoms with Crippen LogP contribution in [0.1, 0.15) is 6.92 Å². The molecule has 0 spiro atoms. The van der Waals surface area contributed by atoms with Gasteiger partial charge < -0.3 is 15.7 Å². The summed E-state index contributed by atoms with van der Waals surface area (Å²) in [5, 5.41) is 9.47. The minimum atomic E-state index is -0.778. The maximum absolute atomic E-state index is 11.3. The fourth-order valence-electron chi connectivity index (χ4n) is 1.10. The first kappa shape index (κ1) is 12.6. The molecule has 3 amide bonds. The van der Waals surface area contributed by atoms with Gasteiger partial charge in [0, 0.05) is 14.1 Å². The number of rotatable bonds is 1. The van der Waals surface area contributed by atoms with E-state index in [0.717, 1.165) is 11.8 Å². The summed E-state index contributed by atoms with van der Waals surface area (Å²) in [6.07, 6.45) is 0. The van der Waals surface area contributed by atoms with Crippen LogP contribution in [0.2, 0.25) is 0 Å². The van der Waals surface area contributed by atoms with Crippen LogP contribution in [0.3, 0.4) is 0 Å². The first-order valence-corrected chi connectivity index (χ1v) is 5.42. The van der Waals surface area contributed by atoms with Crippen LogP contribution < -0.4 is 5.73 Å². The number of nitrogens with two attached hydrogens (primary N) is 1. The molecule has 0 aromatic heterocycles. The van der Waals surface area contributed by atoms with E-state index in [1.165, 1.54) is 4.90 Å². The molecule has 7 heteroatoms. The molecule has 1 aliphatic heterocycles. The maximum Gasteiger partial charge on any atom is 0.344 e. The van der Waals surface area contributed by atoms with Crippen LogP contribution in [0.4, 0.5) is 4.79 Å². The van der Waals surface area contributed by atoms with Crippen molar-refractivity contribution >= 4 is 28.7 Å². The second-order valence-electron chi connectivity index (χ2n) is 3.48. The van der Waals surface area contributed by atoms with Crippen LogP contribution in [0.15, 0.2) is 16.3 Å². The van der Waals surface area contributed by atoms with Gasteiger partial charge in [-0.1, -0.05) is 11.8 Å². The summed E-state index contributed by atoms with van der Waals surface area (Å²) < 4.78 is 0. The molecule has 0 bridgehead atoms. The Morgan fingerprint density at radius 3 is 2.50 bits per heavy atom. The van der Waals surface area contributed by atoms with Gasteiger partial charge in [0.25, 0.3) is 5.91 Å². The number of aliphatic imine (C=N–C) groups is 1. The zero-order chi connectivity index (χ0) is 12.5. The van der Waals surface area contributed by atoms with Gasteiger partial charge in [0.1, 0.15) is 16.4 Å². The number of primary amides is 1. The number of urea groups is 1. The molecule has 0 saturated carbocycles. The van der Waals surface area contributed by atoms with Crippen LogP contribution in [0.5, 0.6) is 0 Å². The lowest BCUT2D eigenvalue weighted by atomic mass is 10.2. The van der Waals surface area contributed by atoms with E-state index in [-0.39, 0.29) is 21.6 Å². The van der Waals surface area contributed by atoms with E-state index >= 15 is 0 Å². The largest absolute Gasteiger partial charge is 0.510 e.